The quantitative estimate of drug-likeness (QED) is 0.641. The topological polar surface area (TPSA) is 34.9 Å². The van der Waals surface area contributed by atoms with Gasteiger partial charge in [0.15, 0.2) is 5.78 Å². The van der Waals surface area contributed by atoms with E-state index in [-0.39, 0.29) is 5.78 Å². The van der Waals surface area contributed by atoms with E-state index < -0.39 is 0 Å². The van der Waals surface area contributed by atoms with Gasteiger partial charge in [-0.05, 0) is 19.4 Å². The molecule has 0 fully saturated rings. The molecule has 0 aromatic carbocycles. The van der Waals surface area contributed by atoms with Crippen LogP contribution in [0.25, 0.3) is 0 Å². The molecule has 0 spiro atoms. The standard InChI is InChI=1S/C9H14N2O/c1-4-5-9(12)8-6-7(2)11(3)10-8/h6H,4-5H2,1-3H3. The summed E-state index contributed by atoms with van der Waals surface area (Å²) in [6.45, 7) is 3.93. The van der Waals surface area contributed by atoms with E-state index in [1.54, 1.807) is 4.68 Å². The molecule has 0 bridgehead atoms. The van der Waals surface area contributed by atoms with E-state index in [0.717, 1.165) is 12.1 Å². The zero-order valence-electron chi connectivity index (χ0n) is 7.79. The lowest BCUT2D eigenvalue weighted by Gasteiger charge is -1.91. The third-order valence-corrected chi connectivity index (χ3v) is 1.88. The monoisotopic (exact) mass is 166 g/mol. The van der Waals surface area contributed by atoms with Gasteiger partial charge in [0.05, 0.1) is 0 Å². The van der Waals surface area contributed by atoms with Crippen molar-refractivity contribution in [3.63, 3.8) is 0 Å². The number of Topliss-reactive ketones (excluding diaryl/α,β-unsaturated/α-hetero) is 1. The van der Waals surface area contributed by atoms with Crippen LogP contribution in [0, 0.1) is 6.92 Å². The number of carbonyl (C=O) groups is 1. The van der Waals surface area contributed by atoms with Crippen LogP contribution < -0.4 is 0 Å². The Labute approximate surface area is 72.4 Å². The summed E-state index contributed by atoms with van der Waals surface area (Å²) in [5.74, 6) is 0.140. The van der Waals surface area contributed by atoms with Crippen molar-refractivity contribution in [3.05, 3.63) is 17.5 Å². The number of nitrogens with zero attached hydrogens (tertiary/aromatic N) is 2. The third-order valence-electron chi connectivity index (χ3n) is 1.88. The number of ketones is 1. The average Bonchev–Trinajstić information content (AvgIpc) is 2.33. The molecule has 0 amide bonds. The lowest BCUT2D eigenvalue weighted by Crippen LogP contribution is -2.00. The van der Waals surface area contributed by atoms with Crippen molar-refractivity contribution in [2.45, 2.75) is 26.7 Å². The Morgan fingerprint density at radius 1 is 1.67 bits per heavy atom. The van der Waals surface area contributed by atoms with Crippen LogP contribution in [0.2, 0.25) is 0 Å². The van der Waals surface area contributed by atoms with Crippen LogP contribution in [-0.2, 0) is 7.05 Å². The Kier molecular flexibility index (Phi) is 2.63. The Morgan fingerprint density at radius 3 is 2.75 bits per heavy atom. The highest BCUT2D eigenvalue weighted by Crippen LogP contribution is 2.05. The van der Waals surface area contributed by atoms with Crippen LogP contribution in [0.3, 0.4) is 0 Å². The maximum absolute atomic E-state index is 11.3. The molecule has 66 valence electrons. The highest BCUT2D eigenvalue weighted by molar-refractivity contribution is 5.94. The van der Waals surface area contributed by atoms with Gasteiger partial charge in [-0.1, -0.05) is 6.92 Å². The second-order valence-corrected chi connectivity index (χ2v) is 2.97. The first kappa shape index (κ1) is 8.97. The first-order chi connectivity index (χ1) is 5.65. The molecule has 0 aliphatic carbocycles. The van der Waals surface area contributed by atoms with E-state index in [1.807, 2.05) is 27.0 Å². The van der Waals surface area contributed by atoms with Gasteiger partial charge in [0, 0.05) is 19.2 Å². The average molecular weight is 166 g/mol. The zero-order chi connectivity index (χ0) is 9.14. The maximum Gasteiger partial charge on any atom is 0.183 e. The molecule has 3 heteroatoms. The molecular formula is C9H14N2O. The largest absolute Gasteiger partial charge is 0.292 e. The number of hydrogen-bond acceptors (Lipinski definition) is 2. The first-order valence-electron chi connectivity index (χ1n) is 4.19. The summed E-state index contributed by atoms with van der Waals surface area (Å²) in [6.07, 6.45) is 1.48. The summed E-state index contributed by atoms with van der Waals surface area (Å²) in [5.41, 5.74) is 1.62. The van der Waals surface area contributed by atoms with Gasteiger partial charge < -0.3 is 0 Å². The van der Waals surface area contributed by atoms with Crippen molar-refractivity contribution in [1.82, 2.24) is 9.78 Å². The Hall–Kier alpha value is -1.12. The molecule has 1 aromatic heterocycles. The minimum Gasteiger partial charge on any atom is -0.292 e. The van der Waals surface area contributed by atoms with Gasteiger partial charge in [0.1, 0.15) is 5.69 Å². The smallest absolute Gasteiger partial charge is 0.183 e. The van der Waals surface area contributed by atoms with Crippen LogP contribution >= 0.6 is 0 Å². The highest BCUT2D eigenvalue weighted by atomic mass is 16.1. The van der Waals surface area contributed by atoms with E-state index in [4.69, 9.17) is 0 Å². The predicted octanol–water partition coefficient (Wildman–Crippen LogP) is 1.71. The normalized spacial score (nSPS) is 10.2. The lowest BCUT2D eigenvalue weighted by molar-refractivity contribution is 0.0976. The Bertz CT molecular complexity index is 269. The van der Waals surface area contributed by atoms with Crippen molar-refractivity contribution < 1.29 is 4.79 Å². The van der Waals surface area contributed by atoms with Crippen LogP contribution in [0.15, 0.2) is 6.07 Å². The number of carbonyl (C=O) groups excluding carboxylic acids is 1. The fourth-order valence-corrected chi connectivity index (χ4v) is 1.05. The minimum absolute atomic E-state index is 0.140. The van der Waals surface area contributed by atoms with Crippen LogP contribution in [0.4, 0.5) is 0 Å². The molecule has 0 saturated carbocycles. The van der Waals surface area contributed by atoms with Crippen molar-refractivity contribution in [2.24, 2.45) is 7.05 Å². The molecule has 0 atom stereocenters. The van der Waals surface area contributed by atoms with Crippen molar-refractivity contribution >= 4 is 5.78 Å². The van der Waals surface area contributed by atoms with Crippen LogP contribution in [-0.4, -0.2) is 15.6 Å². The summed E-state index contributed by atoms with van der Waals surface area (Å²) in [7, 11) is 1.85. The molecule has 0 aliphatic rings. The SMILES string of the molecule is CCCC(=O)c1cc(C)n(C)n1. The molecule has 1 aromatic rings. The number of aromatic nitrogens is 2. The first-order valence-corrected chi connectivity index (χ1v) is 4.19. The van der Waals surface area contributed by atoms with Crippen molar-refractivity contribution in [2.75, 3.05) is 0 Å². The van der Waals surface area contributed by atoms with Gasteiger partial charge in [-0.25, -0.2) is 0 Å². The summed E-state index contributed by atoms with van der Waals surface area (Å²) in [4.78, 5) is 11.3. The molecule has 0 unspecified atom stereocenters. The van der Waals surface area contributed by atoms with E-state index in [1.165, 1.54) is 0 Å². The Morgan fingerprint density at radius 2 is 2.33 bits per heavy atom. The van der Waals surface area contributed by atoms with Gasteiger partial charge in [-0.15, -0.1) is 0 Å². The molecule has 3 nitrogen and oxygen atoms in total. The lowest BCUT2D eigenvalue weighted by atomic mass is 10.2. The van der Waals surface area contributed by atoms with Gasteiger partial charge in [-0.3, -0.25) is 9.48 Å². The number of aryl methyl sites for hydroxylation is 2. The van der Waals surface area contributed by atoms with E-state index in [9.17, 15) is 4.79 Å². The maximum atomic E-state index is 11.3. The number of rotatable bonds is 3. The van der Waals surface area contributed by atoms with E-state index in [0.29, 0.717) is 12.1 Å². The summed E-state index contributed by atoms with van der Waals surface area (Å²) < 4.78 is 1.73. The molecule has 12 heavy (non-hydrogen) atoms. The van der Waals surface area contributed by atoms with Crippen LogP contribution in [0.1, 0.15) is 35.9 Å². The highest BCUT2D eigenvalue weighted by Gasteiger charge is 2.08. The fraction of sp³-hybridized carbons (Fsp3) is 0.556. The molecule has 0 radical (unpaired) electrons. The second kappa shape index (κ2) is 3.52. The zero-order valence-corrected chi connectivity index (χ0v) is 7.79. The van der Waals surface area contributed by atoms with E-state index >= 15 is 0 Å². The summed E-state index contributed by atoms with van der Waals surface area (Å²) in [6, 6.07) is 1.83. The van der Waals surface area contributed by atoms with E-state index in [2.05, 4.69) is 5.10 Å². The predicted molar refractivity (Wildman–Crippen MR) is 47.2 cm³/mol. The van der Waals surface area contributed by atoms with Crippen molar-refractivity contribution in [1.29, 1.82) is 0 Å². The molecule has 0 saturated heterocycles. The molecule has 0 aliphatic heterocycles. The van der Waals surface area contributed by atoms with Crippen molar-refractivity contribution in [3.8, 4) is 0 Å². The fourth-order valence-electron chi connectivity index (χ4n) is 1.05. The van der Waals surface area contributed by atoms with Crippen LogP contribution in [0.5, 0.6) is 0 Å². The molecule has 1 rings (SSSR count). The van der Waals surface area contributed by atoms with Gasteiger partial charge >= 0.3 is 0 Å². The van der Waals surface area contributed by atoms with Gasteiger partial charge in [0.2, 0.25) is 0 Å². The number of hydrogen-bond donors (Lipinski definition) is 0. The third kappa shape index (κ3) is 1.72. The van der Waals surface area contributed by atoms with Gasteiger partial charge in [0.25, 0.3) is 0 Å². The summed E-state index contributed by atoms with van der Waals surface area (Å²) in [5, 5.41) is 4.10. The molecule has 0 N–H and O–H groups in total. The molecule has 1 heterocycles. The Balaban J connectivity index is 2.82. The van der Waals surface area contributed by atoms with Gasteiger partial charge in [-0.2, -0.15) is 5.10 Å². The second-order valence-electron chi connectivity index (χ2n) is 2.97. The minimum atomic E-state index is 0.140. The summed E-state index contributed by atoms with van der Waals surface area (Å²) >= 11 is 0. The molecular weight excluding hydrogens is 152 g/mol.